The molecule has 188 valence electrons. The van der Waals surface area contributed by atoms with E-state index in [-0.39, 0.29) is 23.9 Å². The molecule has 1 aliphatic heterocycles. The van der Waals surface area contributed by atoms with Crippen molar-refractivity contribution in [1.29, 1.82) is 0 Å². The lowest BCUT2D eigenvalue weighted by Crippen LogP contribution is -2.53. The average Bonchev–Trinajstić information content (AvgIpc) is 2.85. The Labute approximate surface area is 210 Å². The van der Waals surface area contributed by atoms with E-state index >= 15 is 0 Å². The number of hydrogen-bond donors (Lipinski definition) is 3. The molecule has 0 aliphatic carbocycles. The first kappa shape index (κ1) is 26.2. The molecule has 9 nitrogen and oxygen atoms in total. The Morgan fingerprint density at radius 1 is 1.06 bits per heavy atom. The van der Waals surface area contributed by atoms with E-state index in [1.54, 1.807) is 55.5 Å². The summed E-state index contributed by atoms with van der Waals surface area (Å²) in [7, 11) is 3.09. The summed E-state index contributed by atoms with van der Waals surface area (Å²) in [5.41, 5.74) is 1.38. The lowest BCUT2D eigenvalue weighted by molar-refractivity contribution is -0.128. The standard InChI is InChI=1S/C25H31ClN4O5/c1-16(31)27-21(14-17-8-9-22(34-2)23(15-17)35-3)24(32)28-18-10-12-30(13-11-18)25(33)29-20-7-5-4-6-19(20)26/h4-9,15,18,21H,10-14H2,1-3H3,(H,27,31)(H,28,32)(H,29,33)/t21-/m1/s1. The largest absolute Gasteiger partial charge is 0.493 e. The van der Waals surface area contributed by atoms with Crippen LogP contribution in [0.15, 0.2) is 42.5 Å². The molecule has 0 unspecified atom stereocenters. The van der Waals surface area contributed by atoms with Gasteiger partial charge >= 0.3 is 6.03 Å². The summed E-state index contributed by atoms with van der Waals surface area (Å²) in [6.07, 6.45) is 1.50. The fourth-order valence-electron chi connectivity index (χ4n) is 3.98. The van der Waals surface area contributed by atoms with Crippen molar-refractivity contribution in [1.82, 2.24) is 15.5 Å². The van der Waals surface area contributed by atoms with Crippen LogP contribution >= 0.6 is 11.6 Å². The first-order valence-electron chi connectivity index (χ1n) is 11.4. The average molecular weight is 503 g/mol. The number of likely N-dealkylation sites (tertiary alicyclic amines) is 1. The zero-order valence-corrected chi connectivity index (χ0v) is 20.9. The molecule has 2 aromatic rings. The van der Waals surface area contributed by atoms with Crippen LogP contribution < -0.4 is 25.4 Å². The second-order valence-corrected chi connectivity index (χ2v) is 8.73. The highest BCUT2D eigenvalue weighted by Crippen LogP contribution is 2.28. The van der Waals surface area contributed by atoms with E-state index in [9.17, 15) is 14.4 Å². The molecule has 0 aromatic heterocycles. The third-order valence-corrected chi connectivity index (χ3v) is 6.16. The number of para-hydroxylation sites is 1. The number of anilines is 1. The van der Waals surface area contributed by atoms with Crippen molar-refractivity contribution in [3.63, 3.8) is 0 Å². The Morgan fingerprint density at radius 2 is 1.74 bits per heavy atom. The topological polar surface area (TPSA) is 109 Å². The van der Waals surface area contributed by atoms with Crippen molar-refractivity contribution in [2.75, 3.05) is 32.6 Å². The van der Waals surface area contributed by atoms with Crippen LogP contribution in [-0.4, -0.2) is 62.1 Å². The van der Waals surface area contributed by atoms with Crippen molar-refractivity contribution >= 4 is 35.1 Å². The minimum Gasteiger partial charge on any atom is -0.493 e. The molecular formula is C25H31ClN4O5. The highest BCUT2D eigenvalue weighted by atomic mass is 35.5. The number of halogens is 1. The van der Waals surface area contributed by atoms with Gasteiger partial charge in [0, 0.05) is 32.5 Å². The summed E-state index contributed by atoms with van der Waals surface area (Å²) in [5, 5.41) is 9.05. The van der Waals surface area contributed by atoms with Gasteiger partial charge in [-0.3, -0.25) is 9.59 Å². The molecule has 2 aromatic carbocycles. The molecule has 10 heteroatoms. The van der Waals surface area contributed by atoms with Gasteiger partial charge in [0.15, 0.2) is 11.5 Å². The third kappa shape index (κ3) is 7.26. The molecule has 0 saturated carbocycles. The molecule has 1 aliphatic rings. The molecule has 1 atom stereocenters. The van der Waals surface area contributed by atoms with Gasteiger partial charge in [-0.15, -0.1) is 0 Å². The lowest BCUT2D eigenvalue weighted by Gasteiger charge is -2.33. The number of amides is 4. The van der Waals surface area contributed by atoms with E-state index in [2.05, 4.69) is 16.0 Å². The molecule has 0 bridgehead atoms. The predicted octanol–water partition coefficient (Wildman–Crippen LogP) is 3.22. The van der Waals surface area contributed by atoms with Gasteiger partial charge < -0.3 is 30.3 Å². The molecule has 0 radical (unpaired) electrons. The maximum atomic E-state index is 13.0. The number of carbonyl (C=O) groups excluding carboxylic acids is 3. The third-order valence-electron chi connectivity index (χ3n) is 5.83. The van der Waals surface area contributed by atoms with E-state index in [0.717, 1.165) is 5.56 Å². The quantitative estimate of drug-likeness (QED) is 0.513. The zero-order chi connectivity index (χ0) is 25.4. The number of nitrogens with one attached hydrogen (secondary N) is 3. The first-order chi connectivity index (χ1) is 16.8. The number of rotatable bonds is 8. The number of carbonyl (C=O) groups is 3. The van der Waals surface area contributed by atoms with Gasteiger partial charge in [-0.2, -0.15) is 0 Å². The van der Waals surface area contributed by atoms with Gasteiger partial charge in [0.25, 0.3) is 0 Å². The molecule has 1 fully saturated rings. The van der Waals surface area contributed by atoms with E-state index < -0.39 is 6.04 Å². The van der Waals surface area contributed by atoms with Crippen LogP contribution in [0.5, 0.6) is 11.5 Å². The second kappa shape index (κ2) is 12.3. The van der Waals surface area contributed by atoms with Gasteiger partial charge in [-0.05, 0) is 42.7 Å². The molecule has 0 spiro atoms. The summed E-state index contributed by atoms with van der Waals surface area (Å²) in [4.78, 5) is 39.1. The Hall–Kier alpha value is -3.46. The number of nitrogens with zero attached hydrogens (tertiary/aromatic N) is 1. The lowest BCUT2D eigenvalue weighted by atomic mass is 10.0. The predicted molar refractivity (Wildman–Crippen MR) is 134 cm³/mol. The maximum absolute atomic E-state index is 13.0. The SMILES string of the molecule is COc1ccc(C[C@@H](NC(C)=O)C(=O)NC2CCN(C(=O)Nc3ccccc3Cl)CC2)cc1OC. The fourth-order valence-corrected chi connectivity index (χ4v) is 4.17. The minimum atomic E-state index is -0.743. The van der Waals surface area contributed by atoms with Gasteiger partial charge in [-0.25, -0.2) is 4.79 Å². The Balaban J connectivity index is 1.56. The van der Waals surface area contributed by atoms with Crippen molar-refractivity contribution in [2.24, 2.45) is 0 Å². The number of piperidine rings is 1. The Bertz CT molecular complexity index is 1060. The van der Waals surface area contributed by atoms with Crippen LogP contribution in [0.2, 0.25) is 5.02 Å². The van der Waals surface area contributed by atoms with Crippen LogP contribution in [-0.2, 0) is 16.0 Å². The van der Waals surface area contributed by atoms with Gasteiger partial charge in [0.05, 0.1) is 24.9 Å². The minimum absolute atomic E-state index is 0.103. The first-order valence-corrected chi connectivity index (χ1v) is 11.8. The van der Waals surface area contributed by atoms with Crippen LogP contribution in [0.1, 0.15) is 25.3 Å². The van der Waals surface area contributed by atoms with Crippen molar-refractivity contribution in [3.05, 3.63) is 53.1 Å². The molecule has 35 heavy (non-hydrogen) atoms. The van der Waals surface area contributed by atoms with Crippen LogP contribution in [0.4, 0.5) is 10.5 Å². The van der Waals surface area contributed by atoms with Crippen molar-refractivity contribution in [2.45, 2.75) is 38.3 Å². The smallest absolute Gasteiger partial charge is 0.321 e. The van der Waals surface area contributed by atoms with E-state index in [0.29, 0.717) is 54.6 Å². The Kier molecular flexibility index (Phi) is 9.19. The Morgan fingerprint density at radius 3 is 2.37 bits per heavy atom. The van der Waals surface area contributed by atoms with Gasteiger partial charge in [-0.1, -0.05) is 29.8 Å². The summed E-state index contributed by atoms with van der Waals surface area (Å²) >= 11 is 6.12. The molecule has 1 saturated heterocycles. The molecular weight excluding hydrogens is 472 g/mol. The summed E-state index contributed by atoms with van der Waals surface area (Å²) in [5.74, 6) is 0.571. The number of urea groups is 1. The highest BCUT2D eigenvalue weighted by Gasteiger charge is 2.27. The number of methoxy groups -OCH3 is 2. The summed E-state index contributed by atoms with van der Waals surface area (Å²) in [6, 6.07) is 11.4. The van der Waals surface area contributed by atoms with E-state index in [1.807, 2.05) is 6.07 Å². The monoisotopic (exact) mass is 502 g/mol. The molecule has 4 amide bonds. The molecule has 3 N–H and O–H groups in total. The molecule has 1 heterocycles. The number of hydrogen-bond acceptors (Lipinski definition) is 5. The summed E-state index contributed by atoms with van der Waals surface area (Å²) in [6.45, 7) is 2.36. The maximum Gasteiger partial charge on any atom is 0.321 e. The van der Waals surface area contributed by atoms with Crippen molar-refractivity contribution in [3.8, 4) is 11.5 Å². The normalized spacial score (nSPS) is 14.6. The van der Waals surface area contributed by atoms with E-state index in [4.69, 9.17) is 21.1 Å². The van der Waals surface area contributed by atoms with Gasteiger partial charge in [0.2, 0.25) is 11.8 Å². The van der Waals surface area contributed by atoms with E-state index in [1.165, 1.54) is 6.92 Å². The van der Waals surface area contributed by atoms with Crippen LogP contribution in [0.3, 0.4) is 0 Å². The summed E-state index contributed by atoms with van der Waals surface area (Å²) < 4.78 is 10.6. The molecule has 3 rings (SSSR count). The highest BCUT2D eigenvalue weighted by molar-refractivity contribution is 6.33. The zero-order valence-electron chi connectivity index (χ0n) is 20.1. The van der Waals surface area contributed by atoms with Crippen molar-refractivity contribution < 1.29 is 23.9 Å². The van der Waals surface area contributed by atoms with Crippen LogP contribution in [0.25, 0.3) is 0 Å². The van der Waals surface area contributed by atoms with Crippen LogP contribution in [0, 0.1) is 0 Å². The fraction of sp³-hybridized carbons (Fsp3) is 0.400. The van der Waals surface area contributed by atoms with Gasteiger partial charge in [0.1, 0.15) is 6.04 Å². The second-order valence-electron chi connectivity index (χ2n) is 8.33. The number of ether oxygens (including phenoxy) is 2. The number of benzene rings is 2.